The molecular formula is C40H40BrN5O8S. The molecule has 55 heavy (non-hydrogen) atoms. The van der Waals surface area contributed by atoms with Crippen molar-refractivity contribution >= 4 is 71.7 Å². The maximum atomic E-state index is 14.0. The molecule has 5 aromatic carbocycles. The lowest BCUT2D eigenvalue weighted by atomic mass is 10.1. The van der Waals surface area contributed by atoms with Crippen molar-refractivity contribution in [2.45, 2.75) is 29.8 Å². The van der Waals surface area contributed by atoms with Gasteiger partial charge < -0.3 is 35.0 Å². The third kappa shape index (κ3) is 9.19. The number of sulfonamides is 1. The fourth-order valence-corrected chi connectivity index (χ4v) is 8.43. The van der Waals surface area contributed by atoms with E-state index in [9.17, 15) is 27.9 Å². The second kappa shape index (κ2) is 16.8. The first-order valence-corrected chi connectivity index (χ1v) is 19.6. The number of ether oxygens (including phenoxy) is 2. The molecule has 286 valence electrons. The summed E-state index contributed by atoms with van der Waals surface area (Å²) in [7, 11) is 1.22. The Morgan fingerprint density at radius 2 is 1.60 bits per heavy atom. The van der Waals surface area contributed by atoms with Crippen molar-refractivity contribution in [3.05, 3.63) is 119 Å². The number of methoxy groups -OCH3 is 1. The number of para-hydroxylation sites is 1. The van der Waals surface area contributed by atoms with Gasteiger partial charge in [0.15, 0.2) is 0 Å². The number of nitrogens with zero attached hydrogens (tertiary/aromatic N) is 2. The Labute approximate surface area is 327 Å². The van der Waals surface area contributed by atoms with E-state index < -0.39 is 34.1 Å². The van der Waals surface area contributed by atoms with Crippen LogP contribution < -0.4 is 29.7 Å². The van der Waals surface area contributed by atoms with E-state index in [2.05, 4.69) is 31.3 Å². The van der Waals surface area contributed by atoms with Crippen molar-refractivity contribution in [3.8, 4) is 11.5 Å². The molecule has 0 saturated carbocycles. The van der Waals surface area contributed by atoms with Gasteiger partial charge in [-0.05, 0) is 88.6 Å². The van der Waals surface area contributed by atoms with Gasteiger partial charge in [-0.1, -0.05) is 42.5 Å². The third-order valence-corrected chi connectivity index (χ3v) is 11.5. The van der Waals surface area contributed by atoms with Crippen molar-refractivity contribution in [2.75, 3.05) is 49.9 Å². The molecule has 1 heterocycles. The summed E-state index contributed by atoms with van der Waals surface area (Å²) in [6.07, 6.45) is 0.227. The topological polar surface area (TPSA) is 167 Å². The van der Waals surface area contributed by atoms with Crippen LogP contribution in [0.3, 0.4) is 0 Å². The van der Waals surface area contributed by atoms with Crippen LogP contribution >= 0.6 is 15.9 Å². The number of hydrogen-bond donors (Lipinski definition) is 4. The van der Waals surface area contributed by atoms with Gasteiger partial charge in [-0.3, -0.25) is 4.79 Å². The smallest absolute Gasteiger partial charge is 0.335 e. The predicted molar refractivity (Wildman–Crippen MR) is 215 cm³/mol. The molecule has 0 aromatic heterocycles. The highest BCUT2D eigenvalue weighted by molar-refractivity contribution is 9.10. The second-order valence-corrected chi connectivity index (χ2v) is 15.7. The molecule has 1 aliphatic rings. The Morgan fingerprint density at radius 1 is 0.891 bits per heavy atom. The van der Waals surface area contributed by atoms with Crippen LogP contribution in [-0.2, 0) is 21.2 Å². The van der Waals surface area contributed by atoms with Crippen LogP contribution in [0.5, 0.6) is 11.5 Å². The molecule has 5 aromatic rings. The molecule has 3 amide bonds. The number of anilines is 3. The molecule has 0 radical (unpaired) electrons. The summed E-state index contributed by atoms with van der Waals surface area (Å²) < 4.78 is 43.1. The molecule has 1 aliphatic heterocycles. The lowest BCUT2D eigenvalue weighted by molar-refractivity contribution is -0.131. The first kappa shape index (κ1) is 39.1. The zero-order valence-electron chi connectivity index (χ0n) is 30.3. The lowest BCUT2D eigenvalue weighted by Gasteiger charge is -2.25. The highest BCUT2D eigenvalue weighted by Crippen LogP contribution is 2.32. The van der Waals surface area contributed by atoms with E-state index in [1.165, 1.54) is 31.4 Å². The maximum absolute atomic E-state index is 14.0. The van der Waals surface area contributed by atoms with Gasteiger partial charge in [0.25, 0.3) is 0 Å². The van der Waals surface area contributed by atoms with Crippen LogP contribution in [0.4, 0.5) is 21.9 Å². The van der Waals surface area contributed by atoms with Crippen LogP contribution in [0, 0.1) is 0 Å². The van der Waals surface area contributed by atoms with Gasteiger partial charge in [-0.25, -0.2) is 22.7 Å². The number of benzene rings is 5. The molecule has 0 unspecified atom stereocenters. The fraction of sp³-hybridized carbons (Fsp3) is 0.225. The Morgan fingerprint density at radius 3 is 2.31 bits per heavy atom. The first-order chi connectivity index (χ1) is 26.3. The molecule has 1 saturated heterocycles. The van der Waals surface area contributed by atoms with Crippen molar-refractivity contribution in [1.82, 2.24) is 9.62 Å². The predicted octanol–water partition coefficient (Wildman–Crippen LogP) is 6.59. The molecule has 15 heteroatoms. The first-order valence-electron chi connectivity index (χ1n) is 17.3. The average Bonchev–Trinajstić information content (AvgIpc) is 3.56. The molecule has 1 fully saturated rings. The number of hydrogen-bond acceptors (Lipinski definition) is 8. The van der Waals surface area contributed by atoms with Gasteiger partial charge in [0, 0.05) is 47.6 Å². The third-order valence-electron chi connectivity index (χ3n) is 9.22. The van der Waals surface area contributed by atoms with Crippen LogP contribution in [-0.4, -0.2) is 82.8 Å². The summed E-state index contributed by atoms with van der Waals surface area (Å²) in [5.41, 5.74) is 2.57. The fourth-order valence-electron chi connectivity index (χ4n) is 6.59. The summed E-state index contributed by atoms with van der Waals surface area (Å²) in [4.78, 5) is 41.8. The average molecular weight is 831 g/mol. The molecular weight excluding hydrogens is 790 g/mol. The number of aromatic carboxylic acids is 1. The second-order valence-electron chi connectivity index (χ2n) is 13.2. The van der Waals surface area contributed by atoms with E-state index in [1.807, 2.05) is 43.3 Å². The summed E-state index contributed by atoms with van der Waals surface area (Å²) in [5, 5.41) is 16.2. The number of carboxylic acids is 1. The Balaban J connectivity index is 1.20. The molecule has 0 aliphatic carbocycles. The summed E-state index contributed by atoms with van der Waals surface area (Å²) in [6, 6.07) is 27.2. The van der Waals surface area contributed by atoms with E-state index in [0.717, 1.165) is 15.5 Å². The minimum absolute atomic E-state index is 0.0374. The normalized spacial score (nSPS) is 15.4. The van der Waals surface area contributed by atoms with Crippen LogP contribution in [0.25, 0.3) is 10.8 Å². The number of amides is 3. The summed E-state index contributed by atoms with van der Waals surface area (Å²) >= 11 is 3.41. The molecule has 2 atom stereocenters. The highest BCUT2D eigenvalue weighted by atomic mass is 79.9. The number of carbonyl (C=O) groups is 3. The van der Waals surface area contributed by atoms with Crippen LogP contribution in [0.1, 0.15) is 22.3 Å². The molecule has 13 nitrogen and oxygen atoms in total. The highest BCUT2D eigenvalue weighted by Gasteiger charge is 2.38. The van der Waals surface area contributed by atoms with E-state index in [1.54, 1.807) is 59.5 Å². The molecule has 6 rings (SSSR count). The van der Waals surface area contributed by atoms with Gasteiger partial charge in [0.2, 0.25) is 15.9 Å². The number of carbonyl (C=O) groups excluding carboxylic acids is 2. The Bertz CT molecular complexity index is 2340. The molecule has 0 bridgehead atoms. The van der Waals surface area contributed by atoms with Crippen LogP contribution in [0.2, 0.25) is 0 Å². The number of likely N-dealkylation sites (tertiary alicyclic amines) is 1. The zero-order chi connectivity index (χ0) is 39.3. The Kier molecular flexibility index (Phi) is 11.9. The minimum Gasteiger partial charge on any atom is -0.495 e. The van der Waals surface area contributed by atoms with E-state index in [4.69, 9.17) is 9.47 Å². The number of urea groups is 1. The number of carboxylic acid groups (broad SMARTS) is 1. The van der Waals surface area contributed by atoms with Gasteiger partial charge in [0.1, 0.15) is 18.1 Å². The monoisotopic (exact) mass is 829 g/mol. The van der Waals surface area contributed by atoms with Crippen molar-refractivity contribution in [2.24, 2.45) is 0 Å². The van der Waals surface area contributed by atoms with Gasteiger partial charge in [-0.15, -0.1) is 0 Å². The van der Waals surface area contributed by atoms with Gasteiger partial charge in [0.05, 0.1) is 41.4 Å². The minimum atomic E-state index is -4.03. The SMILES string of the molecule is COc1cc(CC(=O)N2C[C@@H](NS(=O)(=O)c3cccc4c(N(C)C)cccc34)C[C@H]2COc2ccc(C(=O)O)cc2)ccc1NC(=O)Nc1ccccc1Br. The van der Waals surface area contributed by atoms with E-state index in [0.29, 0.717) is 33.8 Å². The lowest BCUT2D eigenvalue weighted by Crippen LogP contribution is -2.41. The summed E-state index contributed by atoms with van der Waals surface area (Å²) in [5.74, 6) is -0.587. The number of halogens is 1. The van der Waals surface area contributed by atoms with Gasteiger partial charge >= 0.3 is 12.0 Å². The molecule has 0 spiro atoms. The van der Waals surface area contributed by atoms with Crippen molar-refractivity contribution in [3.63, 3.8) is 0 Å². The Hall–Kier alpha value is -5.64. The maximum Gasteiger partial charge on any atom is 0.335 e. The standard InChI is InChI=1S/C40H40BrN5O8S/c1-45(2)35-12-6-9-31-30(35)8-7-13-37(31)55(51,52)44-27-22-28(24-54-29-17-15-26(16-18-29)39(48)49)46(23-27)38(47)21-25-14-19-34(36(20-25)53-3)43-40(50)42-33-11-5-4-10-32(33)41/h4-20,27-28,44H,21-24H2,1-3H3,(H,48,49)(H2,42,43,50)/t27-,28-/m0/s1. The summed E-state index contributed by atoms with van der Waals surface area (Å²) in [6.45, 7) is 0.124. The van der Waals surface area contributed by atoms with Crippen molar-refractivity contribution in [1.29, 1.82) is 0 Å². The van der Waals surface area contributed by atoms with E-state index in [-0.39, 0.29) is 42.4 Å². The largest absolute Gasteiger partial charge is 0.495 e. The van der Waals surface area contributed by atoms with Gasteiger partial charge in [-0.2, -0.15) is 0 Å². The number of fused-ring (bicyclic) bond motifs is 1. The van der Waals surface area contributed by atoms with Crippen molar-refractivity contribution < 1.29 is 37.4 Å². The zero-order valence-corrected chi connectivity index (χ0v) is 32.7. The number of rotatable bonds is 13. The molecule has 4 N–H and O–H groups in total. The number of nitrogens with one attached hydrogen (secondary N) is 3. The van der Waals surface area contributed by atoms with Crippen LogP contribution in [0.15, 0.2) is 112 Å². The van der Waals surface area contributed by atoms with E-state index >= 15 is 0 Å². The quantitative estimate of drug-likeness (QED) is 0.102.